The molecular formula is C13H17N3O2. The van der Waals surface area contributed by atoms with Gasteiger partial charge in [-0.15, -0.1) is 0 Å². The molecule has 2 rings (SSSR count). The van der Waals surface area contributed by atoms with Gasteiger partial charge in [0.15, 0.2) is 0 Å². The molecule has 0 aliphatic heterocycles. The normalized spacial score (nSPS) is 10.9. The molecule has 0 radical (unpaired) electrons. The fourth-order valence-electron chi connectivity index (χ4n) is 2.06. The van der Waals surface area contributed by atoms with Gasteiger partial charge in [-0.2, -0.15) is 0 Å². The molecule has 2 aromatic rings. The highest BCUT2D eigenvalue weighted by Gasteiger charge is 2.10. The number of anilines is 1. The van der Waals surface area contributed by atoms with E-state index in [-0.39, 0.29) is 11.2 Å². The van der Waals surface area contributed by atoms with Crippen molar-refractivity contribution in [2.24, 2.45) is 7.05 Å². The summed E-state index contributed by atoms with van der Waals surface area (Å²) < 4.78 is 2.77. The number of fused-ring (bicyclic) bond motifs is 1. The Kier molecular flexibility index (Phi) is 2.98. The van der Waals surface area contributed by atoms with Gasteiger partial charge in [0, 0.05) is 33.4 Å². The van der Waals surface area contributed by atoms with Crippen molar-refractivity contribution in [3.8, 4) is 0 Å². The summed E-state index contributed by atoms with van der Waals surface area (Å²) in [5, 5.41) is 0.574. The zero-order chi connectivity index (χ0) is 13.4. The van der Waals surface area contributed by atoms with Crippen molar-refractivity contribution in [2.75, 3.05) is 19.0 Å². The molecule has 0 unspecified atom stereocenters. The molecule has 0 saturated heterocycles. The third-order valence-corrected chi connectivity index (χ3v) is 3.17. The second kappa shape index (κ2) is 4.33. The molecule has 0 aliphatic carbocycles. The highest BCUT2D eigenvalue weighted by atomic mass is 16.2. The molecule has 0 bridgehead atoms. The Morgan fingerprint density at radius 2 is 1.89 bits per heavy atom. The lowest BCUT2D eigenvalue weighted by molar-refractivity contribution is 0.640. The van der Waals surface area contributed by atoms with Crippen LogP contribution >= 0.6 is 0 Å². The first-order chi connectivity index (χ1) is 8.47. The van der Waals surface area contributed by atoms with Crippen LogP contribution in [0.2, 0.25) is 0 Å². The van der Waals surface area contributed by atoms with Crippen molar-refractivity contribution in [1.82, 2.24) is 9.13 Å². The molecule has 1 aromatic heterocycles. The van der Waals surface area contributed by atoms with Gasteiger partial charge in [-0.1, -0.05) is 0 Å². The van der Waals surface area contributed by atoms with Crippen LogP contribution < -0.4 is 16.1 Å². The standard InChI is InChI=1S/C13H17N3O2/c1-5-16-12(17)10-8-9(14(2)3)6-7-11(10)15(4)13(16)18/h6-8H,5H2,1-4H3. The lowest BCUT2D eigenvalue weighted by Gasteiger charge is -2.14. The van der Waals surface area contributed by atoms with E-state index in [2.05, 4.69) is 0 Å². The van der Waals surface area contributed by atoms with E-state index in [9.17, 15) is 9.59 Å². The van der Waals surface area contributed by atoms with E-state index < -0.39 is 0 Å². The van der Waals surface area contributed by atoms with Crippen molar-refractivity contribution in [2.45, 2.75) is 13.5 Å². The maximum absolute atomic E-state index is 12.2. The average molecular weight is 247 g/mol. The highest BCUT2D eigenvalue weighted by molar-refractivity contribution is 5.82. The Labute approximate surface area is 105 Å². The van der Waals surface area contributed by atoms with E-state index in [0.717, 1.165) is 5.69 Å². The number of benzene rings is 1. The first-order valence-electron chi connectivity index (χ1n) is 5.88. The van der Waals surface area contributed by atoms with E-state index in [4.69, 9.17) is 0 Å². The number of hydrogen-bond acceptors (Lipinski definition) is 3. The molecule has 0 aliphatic rings. The minimum Gasteiger partial charge on any atom is -0.378 e. The predicted molar refractivity (Wildman–Crippen MR) is 73.5 cm³/mol. The highest BCUT2D eigenvalue weighted by Crippen LogP contribution is 2.16. The van der Waals surface area contributed by atoms with Crippen LogP contribution in [0.3, 0.4) is 0 Å². The summed E-state index contributed by atoms with van der Waals surface area (Å²) in [4.78, 5) is 26.1. The molecule has 0 atom stereocenters. The molecule has 0 amide bonds. The van der Waals surface area contributed by atoms with Gasteiger partial charge in [-0.3, -0.25) is 13.9 Å². The number of aryl methyl sites for hydroxylation is 1. The summed E-state index contributed by atoms with van der Waals surface area (Å²) in [6.45, 7) is 2.18. The lowest BCUT2D eigenvalue weighted by Crippen LogP contribution is -2.38. The number of hydrogen-bond donors (Lipinski definition) is 0. The maximum Gasteiger partial charge on any atom is 0.331 e. The average Bonchev–Trinajstić information content (AvgIpc) is 2.36. The minimum atomic E-state index is -0.271. The van der Waals surface area contributed by atoms with Gasteiger partial charge >= 0.3 is 5.69 Å². The lowest BCUT2D eigenvalue weighted by atomic mass is 10.2. The summed E-state index contributed by atoms with van der Waals surface area (Å²) in [7, 11) is 5.52. The number of nitrogens with zero attached hydrogens (tertiary/aromatic N) is 3. The summed E-state index contributed by atoms with van der Waals surface area (Å²) in [6, 6.07) is 5.54. The predicted octanol–water partition coefficient (Wildman–Crippen LogP) is 0.786. The van der Waals surface area contributed by atoms with Gasteiger partial charge < -0.3 is 4.90 Å². The monoisotopic (exact) mass is 247 g/mol. The van der Waals surface area contributed by atoms with Crippen molar-refractivity contribution < 1.29 is 0 Å². The van der Waals surface area contributed by atoms with Crippen LogP contribution in [0.5, 0.6) is 0 Å². The Morgan fingerprint density at radius 1 is 1.22 bits per heavy atom. The molecule has 0 N–H and O–H groups in total. The van der Waals surface area contributed by atoms with Crippen molar-refractivity contribution in [3.63, 3.8) is 0 Å². The Morgan fingerprint density at radius 3 is 2.44 bits per heavy atom. The smallest absolute Gasteiger partial charge is 0.331 e. The summed E-state index contributed by atoms with van der Waals surface area (Å²) in [5.74, 6) is 0. The molecule has 1 aromatic carbocycles. The molecule has 0 spiro atoms. The van der Waals surface area contributed by atoms with Crippen LogP contribution in [0.15, 0.2) is 27.8 Å². The zero-order valence-corrected chi connectivity index (χ0v) is 11.1. The van der Waals surface area contributed by atoms with Gasteiger partial charge in [0.2, 0.25) is 0 Å². The number of rotatable bonds is 2. The molecule has 1 heterocycles. The summed E-state index contributed by atoms with van der Waals surface area (Å²) in [5.41, 5.74) is 1.12. The molecule has 0 fully saturated rings. The van der Waals surface area contributed by atoms with Crippen molar-refractivity contribution in [3.05, 3.63) is 39.0 Å². The van der Waals surface area contributed by atoms with Gasteiger partial charge in [0.25, 0.3) is 5.56 Å². The molecular weight excluding hydrogens is 230 g/mol. The summed E-state index contributed by atoms with van der Waals surface area (Å²) in [6.07, 6.45) is 0. The van der Waals surface area contributed by atoms with Crippen molar-refractivity contribution >= 4 is 16.6 Å². The van der Waals surface area contributed by atoms with Crippen LogP contribution in [-0.4, -0.2) is 23.2 Å². The van der Waals surface area contributed by atoms with E-state index in [0.29, 0.717) is 17.4 Å². The molecule has 5 heteroatoms. The van der Waals surface area contributed by atoms with E-state index in [1.807, 2.05) is 37.2 Å². The Bertz CT molecular complexity index is 710. The Hall–Kier alpha value is -2.04. The zero-order valence-electron chi connectivity index (χ0n) is 11.1. The van der Waals surface area contributed by atoms with Crippen molar-refractivity contribution in [1.29, 1.82) is 0 Å². The molecule has 5 nitrogen and oxygen atoms in total. The Balaban J connectivity index is 2.95. The fourth-order valence-corrected chi connectivity index (χ4v) is 2.06. The molecule has 96 valence electrons. The van der Waals surface area contributed by atoms with E-state index in [1.165, 1.54) is 9.13 Å². The van der Waals surface area contributed by atoms with Crippen LogP contribution in [0.25, 0.3) is 10.9 Å². The van der Waals surface area contributed by atoms with Crippen LogP contribution in [0, 0.1) is 0 Å². The maximum atomic E-state index is 12.2. The topological polar surface area (TPSA) is 47.2 Å². The second-order valence-electron chi connectivity index (χ2n) is 4.49. The van der Waals surface area contributed by atoms with Crippen LogP contribution in [-0.2, 0) is 13.6 Å². The molecule has 0 saturated carbocycles. The third kappa shape index (κ3) is 1.72. The molecule has 18 heavy (non-hydrogen) atoms. The van der Waals surface area contributed by atoms with E-state index >= 15 is 0 Å². The largest absolute Gasteiger partial charge is 0.378 e. The second-order valence-corrected chi connectivity index (χ2v) is 4.49. The minimum absolute atomic E-state index is 0.223. The van der Waals surface area contributed by atoms with Gasteiger partial charge in [0.05, 0.1) is 10.9 Å². The van der Waals surface area contributed by atoms with Gasteiger partial charge in [-0.05, 0) is 25.1 Å². The SMILES string of the molecule is CCn1c(=O)c2cc(N(C)C)ccc2n(C)c1=O. The van der Waals surface area contributed by atoms with Crippen LogP contribution in [0.1, 0.15) is 6.92 Å². The van der Waals surface area contributed by atoms with Gasteiger partial charge in [0.1, 0.15) is 0 Å². The number of aromatic nitrogens is 2. The first-order valence-corrected chi connectivity index (χ1v) is 5.88. The third-order valence-electron chi connectivity index (χ3n) is 3.17. The first kappa shape index (κ1) is 12.4. The van der Waals surface area contributed by atoms with Gasteiger partial charge in [-0.25, -0.2) is 4.79 Å². The van der Waals surface area contributed by atoms with Crippen LogP contribution in [0.4, 0.5) is 5.69 Å². The van der Waals surface area contributed by atoms with E-state index in [1.54, 1.807) is 14.0 Å². The summed E-state index contributed by atoms with van der Waals surface area (Å²) >= 11 is 0. The quantitative estimate of drug-likeness (QED) is 0.788. The fraction of sp³-hybridized carbons (Fsp3) is 0.385.